The smallest absolute Gasteiger partial charge is 0.137 e. The van der Waals surface area contributed by atoms with Crippen LogP contribution in [0.2, 0.25) is 0 Å². The Labute approximate surface area is 98.6 Å². The molecule has 0 aliphatic heterocycles. The largest absolute Gasteiger partial charge is 0.313 e. The van der Waals surface area contributed by atoms with E-state index in [-0.39, 0.29) is 24.3 Å². The lowest BCUT2D eigenvalue weighted by Crippen LogP contribution is -2.15. The molecular formula is C10H14BrClFN. The third-order valence-electron chi connectivity index (χ3n) is 2.10. The topological polar surface area (TPSA) is 12.0 Å². The van der Waals surface area contributed by atoms with E-state index in [0.29, 0.717) is 4.47 Å². The second-order valence-electron chi connectivity index (χ2n) is 2.92. The highest BCUT2D eigenvalue weighted by Crippen LogP contribution is 2.21. The Morgan fingerprint density at radius 1 is 1.50 bits per heavy atom. The van der Waals surface area contributed by atoms with Crippen LogP contribution in [-0.4, -0.2) is 7.05 Å². The summed E-state index contributed by atoms with van der Waals surface area (Å²) in [7, 11) is 1.88. The van der Waals surface area contributed by atoms with Gasteiger partial charge in [0.15, 0.2) is 0 Å². The maximum absolute atomic E-state index is 13.1. The van der Waals surface area contributed by atoms with Gasteiger partial charge in [-0.05, 0) is 47.1 Å². The van der Waals surface area contributed by atoms with Crippen LogP contribution in [0.25, 0.3) is 0 Å². The predicted molar refractivity (Wildman–Crippen MR) is 63.4 cm³/mol. The lowest BCUT2D eigenvalue weighted by atomic mass is 10.1. The Hall–Kier alpha value is -0.120. The van der Waals surface area contributed by atoms with Gasteiger partial charge in [0.25, 0.3) is 0 Å². The summed E-state index contributed by atoms with van der Waals surface area (Å²) in [6, 6.07) is 5.47. The molecule has 0 saturated carbocycles. The van der Waals surface area contributed by atoms with Crippen molar-refractivity contribution < 1.29 is 4.39 Å². The van der Waals surface area contributed by atoms with Crippen molar-refractivity contribution in [2.45, 2.75) is 19.4 Å². The highest BCUT2D eigenvalue weighted by molar-refractivity contribution is 9.10. The van der Waals surface area contributed by atoms with Gasteiger partial charge in [-0.2, -0.15) is 0 Å². The zero-order valence-corrected chi connectivity index (χ0v) is 10.6. The van der Waals surface area contributed by atoms with Gasteiger partial charge in [-0.1, -0.05) is 13.0 Å². The van der Waals surface area contributed by atoms with Gasteiger partial charge in [0.05, 0.1) is 4.47 Å². The zero-order valence-electron chi connectivity index (χ0n) is 8.18. The Morgan fingerprint density at radius 3 is 2.57 bits per heavy atom. The molecule has 0 aliphatic carbocycles. The van der Waals surface area contributed by atoms with E-state index in [1.807, 2.05) is 13.1 Å². The van der Waals surface area contributed by atoms with Crippen LogP contribution in [0.1, 0.15) is 24.9 Å². The van der Waals surface area contributed by atoms with E-state index in [0.717, 1.165) is 12.0 Å². The SMILES string of the molecule is CCC(NC)c1ccc(Br)c(F)c1.Cl. The molecule has 0 fully saturated rings. The Morgan fingerprint density at radius 2 is 2.14 bits per heavy atom. The van der Waals surface area contributed by atoms with Crippen molar-refractivity contribution in [2.24, 2.45) is 0 Å². The maximum atomic E-state index is 13.1. The van der Waals surface area contributed by atoms with Gasteiger partial charge in [0, 0.05) is 6.04 Å². The van der Waals surface area contributed by atoms with E-state index < -0.39 is 0 Å². The lowest BCUT2D eigenvalue weighted by molar-refractivity contribution is 0.564. The number of nitrogens with one attached hydrogen (secondary N) is 1. The number of rotatable bonds is 3. The molecule has 0 radical (unpaired) electrons. The van der Waals surface area contributed by atoms with E-state index in [2.05, 4.69) is 28.2 Å². The van der Waals surface area contributed by atoms with E-state index in [1.165, 1.54) is 0 Å². The molecule has 14 heavy (non-hydrogen) atoms. The summed E-state index contributed by atoms with van der Waals surface area (Å²) in [5.74, 6) is -0.203. The fraction of sp³-hybridized carbons (Fsp3) is 0.400. The van der Waals surface area contributed by atoms with Crippen molar-refractivity contribution in [3.8, 4) is 0 Å². The van der Waals surface area contributed by atoms with E-state index in [9.17, 15) is 4.39 Å². The van der Waals surface area contributed by atoms with Crippen LogP contribution in [0.3, 0.4) is 0 Å². The Balaban J connectivity index is 0.00000169. The monoisotopic (exact) mass is 281 g/mol. The van der Waals surface area contributed by atoms with Crippen LogP contribution in [-0.2, 0) is 0 Å². The van der Waals surface area contributed by atoms with Crippen LogP contribution < -0.4 is 5.32 Å². The molecule has 1 N–H and O–H groups in total. The number of hydrogen-bond donors (Lipinski definition) is 1. The average Bonchev–Trinajstić information content (AvgIpc) is 2.13. The van der Waals surface area contributed by atoms with E-state index in [4.69, 9.17) is 0 Å². The molecule has 0 amide bonds. The van der Waals surface area contributed by atoms with Crippen LogP contribution in [0.15, 0.2) is 22.7 Å². The fourth-order valence-corrected chi connectivity index (χ4v) is 1.58. The van der Waals surface area contributed by atoms with Gasteiger partial charge >= 0.3 is 0 Å². The Kier molecular flexibility index (Phi) is 6.33. The number of halogens is 3. The van der Waals surface area contributed by atoms with Crippen molar-refractivity contribution in [3.63, 3.8) is 0 Å². The first-order valence-corrected chi connectivity index (χ1v) is 5.10. The summed E-state index contributed by atoms with van der Waals surface area (Å²) in [5, 5.41) is 3.13. The molecule has 1 aromatic carbocycles. The molecular weight excluding hydrogens is 268 g/mol. The predicted octanol–water partition coefficient (Wildman–Crippen LogP) is 3.68. The molecule has 0 spiro atoms. The average molecular weight is 283 g/mol. The first-order valence-electron chi connectivity index (χ1n) is 4.31. The minimum Gasteiger partial charge on any atom is -0.313 e. The highest BCUT2D eigenvalue weighted by atomic mass is 79.9. The lowest BCUT2D eigenvalue weighted by Gasteiger charge is -2.14. The number of hydrogen-bond acceptors (Lipinski definition) is 1. The summed E-state index contributed by atoms with van der Waals surface area (Å²) in [6.07, 6.45) is 0.956. The van der Waals surface area contributed by atoms with Gasteiger partial charge in [-0.3, -0.25) is 0 Å². The van der Waals surface area contributed by atoms with Crippen LogP contribution in [0, 0.1) is 5.82 Å². The first-order chi connectivity index (χ1) is 6.19. The third kappa shape index (κ3) is 3.23. The second-order valence-corrected chi connectivity index (χ2v) is 3.78. The van der Waals surface area contributed by atoms with Gasteiger partial charge in [-0.25, -0.2) is 4.39 Å². The van der Waals surface area contributed by atoms with E-state index in [1.54, 1.807) is 12.1 Å². The standard InChI is InChI=1S/C10H13BrFN.ClH/c1-3-10(13-2)7-4-5-8(11)9(12)6-7;/h4-6,10,13H,3H2,1-2H3;1H. The van der Waals surface area contributed by atoms with E-state index >= 15 is 0 Å². The number of benzene rings is 1. The summed E-state index contributed by atoms with van der Waals surface area (Å²) in [4.78, 5) is 0. The van der Waals surface area contributed by atoms with Crippen LogP contribution >= 0.6 is 28.3 Å². The zero-order chi connectivity index (χ0) is 9.84. The molecule has 0 saturated heterocycles. The highest BCUT2D eigenvalue weighted by Gasteiger charge is 2.08. The quantitative estimate of drug-likeness (QED) is 0.892. The summed E-state index contributed by atoms with van der Waals surface area (Å²) in [5.41, 5.74) is 0.991. The molecule has 0 aliphatic rings. The first kappa shape index (κ1) is 13.9. The van der Waals surface area contributed by atoms with Crippen molar-refractivity contribution in [3.05, 3.63) is 34.1 Å². The molecule has 1 atom stereocenters. The maximum Gasteiger partial charge on any atom is 0.137 e. The van der Waals surface area contributed by atoms with Gasteiger partial charge in [0.2, 0.25) is 0 Å². The molecule has 0 heterocycles. The summed E-state index contributed by atoms with van der Waals surface area (Å²) >= 11 is 3.13. The molecule has 1 aromatic rings. The van der Waals surface area contributed by atoms with Crippen LogP contribution in [0.4, 0.5) is 4.39 Å². The van der Waals surface area contributed by atoms with Crippen molar-refractivity contribution >= 4 is 28.3 Å². The molecule has 1 nitrogen and oxygen atoms in total. The fourth-order valence-electron chi connectivity index (χ4n) is 1.34. The molecule has 4 heteroatoms. The Bertz CT molecular complexity index is 289. The molecule has 80 valence electrons. The van der Waals surface area contributed by atoms with Crippen LogP contribution in [0.5, 0.6) is 0 Å². The van der Waals surface area contributed by atoms with Crippen molar-refractivity contribution in [2.75, 3.05) is 7.05 Å². The molecule has 0 bridgehead atoms. The minimum absolute atomic E-state index is 0. The second kappa shape index (κ2) is 6.38. The van der Waals surface area contributed by atoms with Crippen molar-refractivity contribution in [1.82, 2.24) is 5.32 Å². The summed E-state index contributed by atoms with van der Waals surface area (Å²) in [6.45, 7) is 2.07. The van der Waals surface area contributed by atoms with Gasteiger partial charge < -0.3 is 5.32 Å². The van der Waals surface area contributed by atoms with Gasteiger partial charge in [0.1, 0.15) is 5.82 Å². The van der Waals surface area contributed by atoms with Gasteiger partial charge in [-0.15, -0.1) is 12.4 Å². The molecule has 0 aromatic heterocycles. The molecule has 1 rings (SSSR count). The normalized spacial score (nSPS) is 12.0. The summed E-state index contributed by atoms with van der Waals surface area (Å²) < 4.78 is 13.7. The third-order valence-corrected chi connectivity index (χ3v) is 2.75. The van der Waals surface area contributed by atoms with Crippen molar-refractivity contribution in [1.29, 1.82) is 0 Å². The molecule has 1 unspecified atom stereocenters. The minimum atomic E-state index is -0.203.